The van der Waals surface area contributed by atoms with E-state index >= 15 is 0 Å². The Morgan fingerprint density at radius 2 is 2.00 bits per heavy atom. The van der Waals surface area contributed by atoms with Crippen molar-refractivity contribution < 1.29 is 4.42 Å². The molecule has 0 aliphatic rings. The van der Waals surface area contributed by atoms with Gasteiger partial charge in [-0.3, -0.25) is 13.9 Å². The van der Waals surface area contributed by atoms with Crippen LogP contribution in [0, 0.1) is 0 Å². The standard InChI is InChI=1S/C21H18ClN3O3S/c1-2-10-25-19(26)15-9-8-14(22)13-16(15)23-20(25)29-12-5-11-24-17-6-3-4-7-18(17)28-21(24)27/h2-4,6-9,13H,1,5,10-12H2. The van der Waals surface area contributed by atoms with Gasteiger partial charge in [-0.05, 0) is 36.8 Å². The topological polar surface area (TPSA) is 70.0 Å². The number of halogens is 1. The molecule has 6 nitrogen and oxygen atoms in total. The number of oxazole rings is 1. The van der Waals surface area contributed by atoms with Crippen molar-refractivity contribution in [2.24, 2.45) is 0 Å². The van der Waals surface area contributed by atoms with Crippen LogP contribution in [-0.2, 0) is 13.1 Å². The van der Waals surface area contributed by atoms with Crippen LogP contribution in [0.3, 0.4) is 0 Å². The summed E-state index contributed by atoms with van der Waals surface area (Å²) in [6, 6.07) is 12.4. The summed E-state index contributed by atoms with van der Waals surface area (Å²) in [4.78, 5) is 29.5. The van der Waals surface area contributed by atoms with Crippen molar-refractivity contribution in [3.8, 4) is 0 Å². The maximum absolute atomic E-state index is 12.8. The molecule has 4 aromatic rings. The Balaban J connectivity index is 1.55. The van der Waals surface area contributed by atoms with Crippen molar-refractivity contribution >= 4 is 45.4 Å². The maximum atomic E-state index is 12.8. The smallest absolute Gasteiger partial charge is 0.408 e. The van der Waals surface area contributed by atoms with Crippen LogP contribution in [0.2, 0.25) is 5.02 Å². The Morgan fingerprint density at radius 3 is 2.83 bits per heavy atom. The highest BCUT2D eigenvalue weighted by Crippen LogP contribution is 2.21. The second-order valence-corrected chi connectivity index (χ2v) is 7.95. The van der Waals surface area contributed by atoms with Gasteiger partial charge in [0.15, 0.2) is 10.7 Å². The summed E-state index contributed by atoms with van der Waals surface area (Å²) in [5.41, 5.74) is 1.82. The van der Waals surface area contributed by atoms with E-state index in [1.165, 1.54) is 11.8 Å². The third-order valence-electron chi connectivity index (χ3n) is 4.52. The number of aromatic nitrogens is 3. The summed E-state index contributed by atoms with van der Waals surface area (Å²) in [5.74, 6) is 0.319. The quantitative estimate of drug-likeness (QED) is 0.190. The molecule has 0 radical (unpaired) electrons. The summed E-state index contributed by atoms with van der Waals surface area (Å²) < 4.78 is 8.49. The van der Waals surface area contributed by atoms with Crippen molar-refractivity contribution in [1.29, 1.82) is 0 Å². The largest absolute Gasteiger partial charge is 0.419 e. The fourth-order valence-electron chi connectivity index (χ4n) is 3.19. The predicted octanol–water partition coefficient (Wildman–Crippen LogP) is 4.33. The van der Waals surface area contributed by atoms with Gasteiger partial charge in [-0.15, -0.1) is 6.58 Å². The highest BCUT2D eigenvalue weighted by molar-refractivity contribution is 7.99. The van der Waals surface area contributed by atoms with Crippen LogP contribution < -0.4 is 11.3 Å². The van der Waals surface area contributed by atoms with Crippen molar-refractivity contribution in [1.82, 2.24) is 14.1 Å². The van der Waals surface area contributed by atoms with E-state index in [0.717, 1.165) is 5.52 Å². The molecule has 2 heterocycles. The van der Waals surface area contributed by atoms with Crippen molar-refractivity contribution in [2.45, 2.75) is 24.7 Å². The van der Waals surface area contributed by atoms with E-state index < -0.39 is 0 Å². The van der Waals surface area contributed by atoms with Gasteiger partial charge in [0.25, 0.3) is 5.56 Å². The normalized spacial score (nSPS) is 11.3. The molecule has 0 aliphatic carbocycles. The van der Waals surface area contributed by atoms with Crippen LogP contribution in [-0.4, -0.2) is 19.9 Å². The lowest BCUT2D eigenvalue weighted by Crippen LogP contribution is -2.23. The molecule has 148 valence electrons. The van der Waals surface area contributed by atoms with Gasteiger partial charge in [0.2, 0.25) is 0 Å². The van der Waals surface area contributed by atoms with Gasteiger partial charge < -0.3 is 4.42 Å². The molecular weight excluding hydrogens is 410 g/mol. The Bertz CT molecular complexity index is 1320. The van der Waals surface area contributed by atoms with Crippen LogP contribution in [0.4, 0.5) is 0 Å². The van der Waals surface area contributed by atoms with Crippen LogP contribution in [0.25, 0.3) is 22.0 Å². The van der Waals surface area contributed by atoms with Crippen LogP contribution in [0.5, 0.6) is 0 Å². The Kier molecular flexibility index (Phi) is 5.60. The first-order valence-corrected chi connectivity index (χ1v) is 10.5. The number of hydrogen-bond acceptors (Lipinski definition) is 5. The second-order valence-electron chi connectivity index (χ2n) is 6.45. The minimum atomic E-state index is -0.363. The van der Waals surface area contributed by atoms with Crippen molar-refractivity contribution in [2.75, 3.05) is 5.75 Å². The van der Waals surface area contributed by atoms with Gasteiger partial charge in [0, 0.05) is 23.9 Å². The summed E-state index contributed by atoms with van der Waals surface area (Å²) in [7, 11) is 0. The van der Waals surface area contributed by atoms with Gasteiger partial charge in [0.1, 0.15) is 0 Å². The number of aryl methyl sites for hydroxylation is 1. The lowest BCUT2D eigenvalue weighted by atomic mass is 10.2. The third-order valence-corrected chi connectivity index (χ3v) is 5.82. The molecule has 0 unspecified atom stereocenters. The first-order chi connectivity index (χ1) is 14.1. The number of rotatable bonds is 7. The number of fused-ring (bicyclic) bond motifs is 2. The Labute approximate surface area is 175 Å². The number of benzene rings is 2. The highest BCUT2D eigenvalue weighted by Gasteiger charge is 2.12. The summed E-state index contributed by atoms with van der Waals surface area (Å²) in [6.07, 6.45) is 2.39. The average Bonchev–Trinajstić information content (AvgIpc) is 3.03. The summed E-state index contributed by atoms with van der Waals surface area (Å²) in [5, 5.41) is 1.67. The number of hydrogen-bond donors (Lipinski definition) is 0. The minimum Gasteiger partial charge on any atom is -0.408 e. The van der Waals surface area contributed by atoms with E-state index in [1.54, 1.807) is 39.5 Å². The average molecular weight is 428 g/mol. The van der Waals surface area contributed by atoms with E-state index in [-0.39, 0.29) is 11.3 Å². The molecule has 0 fully saturated rings. The second kappa shape index (κ2) is 8.31. The fraction of sp³-hybridized carbons (Fsp3) is 0.190. The van der Waals surface area contributed by atoms with E-state index in [1.807, 2.05) is 18.2 Å². The van der Waals surface area contributed by atoms with Crippen LogP contribution in [0.1, 0.15) is 6.42 Å². The van der Waals surface area contributed by atoms with Gasteiger partial charge >= 0.3 is 5.76 Å². The zero-order valence-corrected chi connectivity index (χ0v) is 17.1. The summed E-state index contributed by atoms with van der Waals surface area (Å²) >= 11 is 7.53. The zero-order chi connectivity index (χ0) is 20.4. The molecule has 0 amide bonds. The van der Waals surface area contributed by atoms with Crippen molar-refractivity contribution in [3.63, 3.8) is 0 Å². The van der Waals surface area contributed by atoms with Gasteiger partial charge in [-0.2, -0.15) is 0 Å². The van der Waals surface area contributed by atoms with E-state index in [2.05, 4.69) is 11.6 Å². The summed E-state index contributed by atoms with van der Waals surface area (Å²) in [6.45, 7) is 4.63. The molecular formula is C21H18ClN3O3S. The minimum absolute atomic E-state index is 0.119. The number of nitrogens with zero attached hydrogens (tertiary/aromatic N) is 3. The molecule has 0 N–H and O–H groups in total. The van der Waals surface area contributed by atoms with Crippen LogP contribution >= 0.6 is 23.4 Å². The van der Waals surface area contributed by atoms with Crippen molar-refractivity contribution in [3.05, 3.63) is 81.0 Å². The number of para-hydroxylation sites is 2. The number of allylic oxidation sites excluding steroid dienone is 1. The molecule has 0 saturated heterocycles. The molecule has 0 atom stereocenters. The SMILES string of the molecule is C=CCn1c(SCCCn2c(=O)oc3ccccc32)nc2cc(Cl)ccc2c1=O. The first kappa shape index (κ1) is 19.5. The molecule has 8 heteroatoms. The molecule has 0 saturated carbocycles. The van der Waals surface area contributed by atoms with Gasteiger partial charge in [-0.25, -0.2) is 9.78 Å². The lowest BCUT2D eigenvalue weighted by molar-refractivity contribution is 0.503. The molecule has 0 bridgehead atoms. The highest BCUT2D eigenvalue weighted by atomic mass is 35.5. The van der Waals surface area contributed by atoms with Gasteiger partial charge in [-0.1, -0.05) is 41.6 Å². The first-order valence-electron chi connectivity index (χ1n) is 9.10. The molecule has 2 aromatic carbocycles. The molecule has 4 rings (SSSR count). The molecule has 0 aliphatic heterocycles. The monoisotopic (exact) mass is 427 g/mol. The van der Waals surface area contributed by atoms with Gasteiger partial charge in [0.05, 0.1) is 16.4 Å². The van der Waals surface area contributed by atoms with Crippen LogP contribution in [0.15, 0.2) is 74.3 Å². The number of thioether (sulfide) groups is 1. The Hall–Kier alpha value is -2.77. The predicted molar refractivity (Wildman–Crippen MR) is 117 cm³/mol. The maximum Gasteiger partial charge on any atom is 0.419 e. The van der Waals surface area contributed by atoms with E-state index in [0.29, 0.717) is 51.9 Å². The Morgan fingerprint density at radius 1 is 1.17 bits per heavy atom. The fourth-order valence-corrected chi connectivity index (χ4v) is 4.28. The third kappa shape index (κ3) is 3.88. The van der Waals surface area contributed by atoms with E-state index in [4.69, 9.17) is 16.0 Å². The van der Waals surface area contributed by atoms with E-state index in [9.17, 15) is 9.59 Å². The molecule has 29 heavy (non-hydrogen) atoms. The zero-order valence-electron chi connectivity index (χ0n) is 15.5. The lowest BCUT2D eigenvalue weighted by Gasteiger charge is -2.11. The molecule has 0 spiro atoms. The molecule has 2 aromatic heterocycles.